The molecule has 0 aliphatic carbocycles. The quantitative estimate of drug-likeness (QED) is 0.646. The highest BCUT2D eigenvalue weighted by atomic mass is 15.2. The first-order valence-corrected chi connectivity index (χ1v) is 5.48. The molecule has 0 amide bonds. The Balaban J connectivity index is 1.86. The molecule has 2 saturated heterocycles. The Labute approximate surface area is 81.0 Å². The molecular formula is C11H20N2. The van der Waals surface area contributed by atoms with Crippen molar-refractivity contribution in [2.45, 2.75) is 38.3 Å². The van der Waals surface area contributed by atoms with Gasteiger partial charge in [-0.05, 0) is 26.2 Å². The van der Waals surface area contributed by atoms with Crippen LogP contribution >= 0.6 is 0 Å². The Morgan fingerprint density at radius 3 is 3.00 bits per heavy atom. The maximum absolute atomic E-state index is 3.69. The van der Waals surface area contributed by atoms with Crippen LogP contribution in [0.25, 0.3) is 0 Å². The van der Waals surface area contributed by atoms with E-state index in [4.69, 9.17) is 0 Å². The zero-order valence-corrected chi connectivity index (χ0v) is 8.50. The first-order chi connectivity index (χ1) is 6.38. The first-order valence-electron chi connectivity index (χ1n) is 5.48. The molecule has 2 bridgehead atoms. The van der Waals surface area contributed by atoms with Gasteiger partial charge in [-0.25, -0.2) is 0 Å². The van der Waals surface area contributed by atoms with E-state index in [1.807, 2.05) is 0 Å². The zero-order valence-electron chi connectivity index (χ0n) is 8.50. The van der Waals surface area contributed by atoms with E-state index >= 15 is 0 Å². The molecular weight excluding hydrogens is 160 g/mol. The summed E-state index contributed by atoms with van der Waals surface area (Å²) in [4.78, 5) is 2.57. The fourth-order valence-electron chi connectivity index (χ4n) is 2.44. The highest BCUT2D eigenvalue weighted by Crippen LogP contribution is 2.19. The Kier molecular flexibility index (Phi) is 3.01. The summed E-state index contributed by atoms with van der Waals surface area (Å²) in [5.41, 5.74) is 0. The van der Waals surface area contributed by atoms with Crippen molar-refractivity contribution in [3.05, 3.63) is 12.2 Å². The van der Waals surface area contributed by atoms with Crippen LogP contribution in [0.1, 0.15) is 26.2 Å². The van der Waals surface area contributed by atoms with E-state index in [1.165, 1.54) is 32.4 Å². The van der Waals surface area contributed by atoms with Gasteiger partial charge in [-0.1, -0.05) is 12.2 Å². The zero-order chi connectivity index (χ0) is 9.10. The predicted molar refractivity (Wildman–Crippen MR) is 55.8 cm³/mol. The highest BCUT2D eigenvalue weighted by Gasteiger charge is 2.28. The number of likely N-dealkylation sites (tertiary alicyclic amines) is 1. The van der Waals surface area contributed by atoms with Gasteiger partial charge in [0, 0.05) is 31.7 Å². The van der Waals surface area contributed by atoms with E-state index in [-0.39, 0.29) is 0 Å². The van der Waals surface area contributed by atoms with Crippen LogP contribution in [0.15, 0.2) is 12.2 Å². The molecule has 0 radical (unpaired) electrons. The summed E-state index contributed by atoms with van der Waals surface area (Å²) in [5, 5.41) is 3.69. The summed E-state index contributed by atoms with van der Waals surface area (Å²) < 4.78 is 0. The number of nitrogens with zero attached hydrogens (tertiary/aromatic N) is 1. The summed E-state index contributed by atoms with van der Waals surface area (Å²) in [6, 6.07) is 1.60. The van der Waals surface area contributed by atoms with Gasteiger partial charge in [-0.15, -0.1) is 0 Å². The molecule has 0 aromatic heterocycles. The third kappa shape index (κ3) is 2.32. The predicted octanol–water partition coefficient (Wildman–Crippen LogP) is 1.39. The molecule has 2 nitrogen and oxygen atoms in total. The minimum absolute atomic E-state index is 0.776. The van der Waals surface area contributed by atoms with Gasteiger partial charge in [-0.3, -0.25) is 4.90 Å². The molecule has 2 atom stereocenters. The molecule has 74 valence electrons. The molecule has 0 saturated carbocycles. The van der Waals surface area contributed by atoms with Crippen LogP contribution in [0.5, 0.6) is 0 Å². The highest BCUT2D eigenvalue weighted by molar-refractivity contribution is 4.91. The third-order valence-corrected chi connectivity index (χ3v) is 3.21. The van der Waals surface area contributed by atoms with Crippen LogP contribution in [0.4, 0.5) is 0 Å². The number of allylic oxidation sites excluding steroid dienone is 1. The lowest BCUT2D eigenvalue weighted by molar-refractivity contribution is 0.284. The van der Waals surface area contributed by atoms with Crippen LogP contribution in [-0.4, -0.2) is 36.6 Å². The second-order valence-electron chi connectivity index (χ2n) is 4.26. The van der Waals surface area contributed by atoms with Crippen molar-refractivity contribution in [1.82, 2.24) is 10.2 Å². The monoisotopic (exact) mass is 180 g/mol. The third-order valence-electron chi connectivity index (χ3n) is 3.21. The van der Waals surface area contributed by atoms with E-state index in [1.54, 1.807) is 0 Å². The number of fused-ring (bicyclic) bond motifs is 2. The van der Waals surface area contributed by atoms with E-state index in [0.29, 0.717) is 0 Å². The van der Waals surface area contributed by atoms with Crippen molar-refractivity contribution >= 4 is 0 Å². The maximum atomic E-state index is 3.69. The average molecular weight is 180 g/mol. The Hall–Kier alpha value is -0.340. The van der Waals surface area contributed by atoms with Crippen molar-refractivity contribution in [2.75, 3.05) is 19.6 Å². The molecule has 2 rings (SSSR count). The maximum Gasteiger partial charge on any atom is 0.0198 e. The topological polar surface area (TPSA) is 15.3 Å². The van der Waals surface area contributed by atoms with Gasteiger partial charge in [0.05, 0.1) is 0 Å². The smallest absolute Gasteiger partial charge is 0.0198 e. The lowest BCUT2D eigenvalue weighted by Gasteiger charge is -2.22. The van der Waals surface area contributed by atoms with Gasteiger partial charge in [0.25, 0.3) is 0 Å². The molecule has 2 heterocycles. The minimum Gasteiger partial charge on any atom is -0.310 e. The Bertz CT molecular complexity index is 189. The van der Waals surface area contributed by atoms with Crippen molar-refractivity contribution in [2.24, 2.45) is 0 Å². The van der Waals surface area contributed by atoms with Gasteiger partial charge in [0.2, 0.25) is 0 Å². The lowest BCUT2D eigenvalue weighted by Crippen LogP contribution is -2.35. The minimum atomic E-state index is 0.776. The molecule has 0 spiro atoms. The lowest BCUT2D eigenvalue weighted by atomic mass is 10.1. The van der Waals surface area contributed by atoms with Gasteiger partial charge in [0.1, 0.15) is 0 Å². The summed E-state index contributed by atoms with van der Waals surface area (Å²) in [6.45, 7) is 5.77. The van der Waals surface area contributed by atoms with Crippen LogP contribution in [-0.2, 0) is 0 Å². The SMILES string of the molecule is C/C=C/CN1CCC2CCC(C1)N2. The van der Waals surface area contributed by atoms with Crippen molar-refractivity contribution in [1.29, 1.82) is 0 Å². The number of hydrogen-bond donors (Lipinski definition) is 1. The van der Waals surface area contributed by atoms with Crippen molar-refractivity contribution in [3.63, 3.8) is 0 Å². The van der Waals surface area contributed by atoms with Crippen LogP contribution in [0.3, 0.4) is 0 Å². The summed E-state index contributed by atoms with van der Waals surface area (Å²) >= 11 is 0. The Morgan fingerprint density at radius 2 is 2.15 bits per heavy atom. The molecule has 2 fully saturated rings. The Morgan fingerprint density at radius 1 is 1.31 bits per heavy atom. The second kappa shape index (κ2) is 4.25. The van der Waals surface area contributed by atoms with E-state index in [2.05, 4.69) is 29.3 Å². The van der Waals surface area contributed by atoms with E-state index in [9.17, 15) is 0 Å². The van der Waals surface area contributed by atoms with Gasteiger partial charge in [0.15, 0.2) is 0 Å². The van der Waals surface area contributed by atoms with Crippen LogP contribution < -0.4 is 5.32 Å². The van der Waals surface area contributed by atoms with Crippen LogP contribution in [0, 0.1) is 0 Å². The van der Waals surface area contributed by atoms with E-state index in [0.717, 1.165) is 18.6 Å². The molecule has 13 heavy (non-hydrogen) atoms. The molecule has 2 heteroatoms. The van der Waals surface area contributed by atoms with Crippen molar-refractivity contribution in [3.8, 4) is 0 Å². The molecule has 2 unspecified atom stereocenters. The molecule has 0 aromatic rings. The van der Waals surface area contributed by atoms with Gasteiger partial charge < -0.3 is 5.32 Å². The normalized spacial score (nSPS) is 35.5. The first kappa shape index (κ1) is 9.22. The molecule has 0 aromatic carbocycles. The summed E-state index contributed by atoms with van der Waals surface area (Å²) in [6.07, 6.45) is 8.54. The summed E-state index contributed by atoms with van der Waals surface area (Å²) in [5.74, 6) is 0. The molecule has 2 aliphatic rings. The van der Waals surface area contributed by atoms with Gasteiger partial charge >= 0.3 is 0 Å². The van der Waals surface area contributed by atoms with Crippen molar-refractivity contribution < 1.29 is 0 Å². The largest absolute Gasteiger partial charge is 0.310 e. The summed E-state index contributed by atoms with van der Waals surface area (Å²) in [7, 11) is 0. The van der Waals surface area contributed by atoms with Gasteiger partial charge in [-0.2, -0.15) is 0 Å². The number of rotatable bonds is 2. The number of hydrogen-bond acceptors (Lipinski definition) is 2. The number of nitrogens with one attached hydrogen (secondary N) is 1. The standard InChI is InChI=1S/C11H20N2/c1-2-3-7-13-8-6-10-4-5-11(9-13)12-10/h2-3,10-12H,4-9H2,1H3/b3-2+. The fraction of sp³-hybridized carbons (Fsp3) is 0.818. The van der Waals surface area contributed by atoms with E-state index < -0.39 is 0 Å². The van der Waals surface area contributed by atoms with Crippen LogP contribution in [0.2, 0.25) is 0 Å². The molecule has 2 aliphatic heterocycles. The fourth-order valence-corrected chi connectivity index (χ4v) is 2.44. The average Bonchev–Trinajstić information content (AvgIpc) is 2.45. The molecule has 1 N–H and O–H groups in total. The second-order valence-corrected chi connectivity index (χ2v) is 4.26.